The van der Waals surface area contributed by atoms with E-state index in [9.17, 15) is 24.6 Å². The summed E-state index contributed by atoms with van der Waals surface area (Å²) in [6, 6.07) is 0. The molecule has 22 heavy (non-hydrogen) atoms. The van der Waals surface area contributed by atoms with Crippen molar-refractivity contribution in [3.8, 4) is 0 Å². The molecule has 122 valence electrons. The molecule has 0 radical (unpaired) electrons. The summed E-state index contributed by atoms with van der Waals surface area (Å²) in [5.74, 6) is -1.19. The largest absolute Gasteiger partial charge is 0.435 e. The number of carbonyl (C=O) groups is 1. The maximum absolute atomic E-state index is 11.8. The second kappa shape index (κ2) is 6.37. The summed E-state index contributed by atoms with van der Waals surface area (Å²) in [5, 5.41) is 37.0. The minimum absolute atomic E-state index is 0.605. The molecule has 2 rings (SSSR count). The number of nitrogens with one attached hydrogen (secondary N) is 1. The standard InChI is InChI=1S/C11H14N2O9/c14-2-5-6(16)7(17)9(22-5)13-1-4(10(19)21-3-15)8(18)12-11(13)20/h1,5-7,9,14-17H,2-3H2,(H,12,18,20)/t5-,6-,7-,9-/m1/s1. The Kier molecular flexibility index (Phi) is 4.73. The van der Waals surface area contributed by atoms with Crippen molar-refractivity contribution >= 4 is 5.97 Å². The highest BCUT2D eigenvalue weighted by atomic mass is 16.6. The van der Waals surface area contributed by atoms with Gasteiger partial charge in [0, 0.05) is 6.20 Å². The van der Waals surface area contributed by atoms with E-state index in [1.165, 1.54) is 0 Å². The summed E-state index contributed by atoms with van der Waals surface area (Å²) >= 11 is 0. The first-order chi connectivity index (χ1) is 10.4. The van der Waals surface area contributed by atoms with Gasteiger partial charge in [0.1, 0.15) is 23.9 Å². The number of aliphatic hydroxyl groups is 4. The Bertz CT molecular complexity index is 666. The van der Waals surface area contributed by atoms with Crippen LogP contribution in [-0.2, 0) is 9.47 Å². The fourth-order valence-corrected chi connectivity index (χ4v) is 2.07. The number of aromatic nitrogens is 2. The molecule has 1 aliphatic rings. The van der Waals surface area contributed by atoms with Crippen LogP contribution in [0.1, 0.15) is 16.6 Å². The molecule has 2 heterocycles. The number of nitrogens with zero attached hydrogens (tertiary/aromatic N) is 1. The third-order valence-corrected chi connectivity index (χ3v) is 3.17. The quantitative estimate of drug-likeness (QED) is 0.276. The van der Waals surface area contributed by atoms with Crippen molar-refractivity contribution in [2.75, 3.05) is 13.4 Å². The summed E-state index contributed by atoms with van der Waals surface area (Å²) in [6.45, 7) is -1.57. The lowest BCUT2D eigenvalue weighted by Crippen LogP contribution is -2.39. The predicted octanol–water partition coefficient (Wildman–Crippen LogP) is -3.75. The molecule has 1 aromatic rings. The highest BCUT2D eigenvalue weighted by Gasteiger charge is 2.44. The topological polar surface area (TPSA) is 171 Å². The third-order valence-electron chi connectivity index (χ3n) is 3.17. The summed E-state index contributed by atoms with van der Waals surface area (Å²) in [4.78, 5) is 36.6. The van der Waals surface area contributed by atoms with E-state index in [0.29, 0.717) is 4.57 Å². The van der Waals surface area contributed by atoms with Gasteiger partial charge in [-0.2, -0.15) is 0 Å². The molecule has 0 aliphatic carbocycles. The van der Waals surface area contributed by atoms with Crippen LogP contribution in [0.2, 0.25) is 0 Å². The maximum Gasteiger partial charge on any atom is 0.347 e. The number of carbonyl (C=O) groups excluding carboxylic acids is 1. The van der Waals surface area contributed by atoms with Crippen molar-refractivity contribution in [1.82, 2.24) is 9.55 Å². The molecular weight excluding hydrogens is 304 g/mol. The van der Waals surface area contributed by atoms with Gasteiger partial charge in [0.25, 0.3) is 5.56 Å². The van der Waals surface area contributed by atoms with Crippen LogP contribution in [0.25, 0.3) is 0 Å². The van der Waals surface area contributed by atoms with E-state index in [2.05, 4.69) is 4.74 Å². The van der Waals surface area contributed by atoms with E-state index in [1.54, 1.807) is 0 Å². The van der Waals surface area contributed by atoms with Crippen molar-refractivity contribution in [3.05, 3.63) is 32.6 Å². The normalized spacial score (nSPS) is 27.8. The summed E-state index contributed by atoms with van der Waals surface area (Å²) in [7, 11) is 0. The van der Waals surface area contributed by atoms with E-state index in [1.807, 2.05) is 4.98 Å². The molecule has 11 nitrogen and oxygen atoms in total. The number of aromatic amines is 1. The number of ether oxygens (including phenoxy) is 2. The molecule has 0 unspecified atom stereocenters. The highest BCUT2D eigenvalue weighted by Crippen LogP contribution is 2.27. The first-order valence-corrected chi connectivity index (χ1v) is 6.16. The number of esters is 1. The van der Waals surface area contributed by atoms with Crippen molar-refractivity contribution in [3.63, 3.8) is 0 Å². The summed E-state index contributed by atoms with van der Waals surface area (Å²) in [6.07, 6.45) is -4.80. The molecule has 1 saturated heterocycles. The van der Waals surface area contributed by atoms with Gasteiger partial charge in [0.05, 0.1) is 6.61 Å². The maximum atomic E-state index is 11.8. The molecule has 0 amide bonds. The minimum Gasteiger partial charge on any atom is -0.435 e. The fraction of sp³-hybridized carbons (Fsp3) is 0.545. The Morgan fingerprint density at radius 2 is 2.00 bits per heavy atom. The molecule has 0 spiro atoms. The van der Waals surface area contributed by atoms with E-state index < -0.39 is 60.7 Å². The van der Waals surface area contributed by atoms with Crippen LogP contribution >= 0.6 is 0 Å². The van der Waals surface area contributed by atoms with Gasteiger partial charge in [0.15, 0.2) is 13.0 Å². The van der Waals surface area contributed by atoms with Gasteiger partial charge in [-0.25, -0.2) is 9.59 Å². The van der Waals surface area contributed by atoms with Crippen LogP contribution < -0.4 is 11.2 Å². The van der Waals surface area contributed by atoms with Crippen LogP contribution in [0, 0.1) is 0 Å². The molecule has 0 saturated carbocycles. The SMILES string of the molecule is O=C(OCO)c1cn([C@@H]2O[C@H](CO)[C@@H](O)[C@H]2O)c(=O)[nH]c1=O. The minimum atomic E-state index is -1.57. The van der Waals surface area contributed by atoms with E-state index in [4.69, 9.17) is 14.9 Å². The van der Waals surface area contributed by atoms with Crippen LogP contribution in [0.5, 0.6) is 0 Å². The van der Waals surface area contributed by atoms with Crippen molar-refractivity contribution < 1.29 is 34.7 Å². The zero-order valence-electron chi connectivity index (χ0n) is 11.1. The van der Waals surface area contributed by atoms with Gasteiger partial charge in [0.2, 0.25) is 0 Å². The monoisotopic (exact) mass is 318 g/mol. The van der Waals surface area contributed by atoms with Crippen LogP contribution in [-0.4, -0.2) is 67.7 Å². The number of aliphatic hydroxyl groups excluding tert-OH is 4. The lowest BCUT2D eigenvalue weighted by atomic mass is 10.1. The van der Waals surface area contributed by atoms with Gasteiger partial charge in [-0.1, -0.05) is 0 Å². The van der Waals surface area contributed by atoms with Gasteiger partial charge >= 0.3 is 11.7 Å². The average Bonchev–Trinajstić information content (AvgIpc) is 2.75. The molecular formula is C11H14N2O9. The zero-order valence-corrected chi connectivity index (χ0v) is 11.1. The fourth-order valence-electron chi connectivity index (χ4n) is 2.07. The lowest BCUT2D eigenvalue weighted by Gasteiger charge is -2.17. The van der Waals surface area contributed by atoms with E-state index in [0.717, 1.165) is 6.20 Å². The number of H-pyrrole nitrogens is 1. The molecule has 5 N–H and O–H groups in total. The van der Waals surface area contributed by atoms with Crippen LogP contribution in [0.15, 0.2) is 15.8 Å². The predicted molar refractivity (Wildman–Crippen MR) is 66.8 cm³/mol. The van der Waals surface area contributed by atoms with E-state index >= 15 is 0 Å². The summed E-state index contributed by atoms with van der Waals surface area (Å²) < 4.78 is 10.1. The smallest absolute Gasteiger partial charge is 0.347 e. The van der Waals surface area contributed by atoms with Gasteiger partial charge in [-0.3, -0.25) is 14.3 Å². The Balaban J connectivity index is 2.44. The Labute approximate surface area is 122 Å². The lowest BCUT2D eigenvalue weighted by molar-refractivity contribution is -0.0552. The molecule has 0 aromatic carbocycles. The first-order valence-electron chi connectivity index (χ1n) is 6.16. The second-order valence-electron chi connectivity index (χ2n) is 4.50. The molecule has 0 bridgehead atoms. The highest BCUT2D eigenvalue weighted by molar-refractivity contribution is 5.88. The molecule has 1 aliphatic heterocycles. The first kappa shape index (κ1) is 16.3. The molecule has 1 aromatic heterocycles. The van der Waals surface area contributed by atoms with Gasteiger partial charge < -0.3 is 29.9 Å². The van der Waals surface area contributed by atoms with Crippen molar-refractivity contribution in [2.24, 2.45) is 0 Å². The summed E-state index contributed by atoms with van der Waals surface area (Å²) in [5.41, 5.74) is -2.65. The average molecular weight is 318 g/mol. The number of rotatable bonds is 4. The number of hydrogen-bond donors (Lipinski definition) is 5. The molecule has 1 fully saturated rings. The number of hydrogen-bond acceptors (Lipinski definition) is 9. The Hall–Kier alpha value is -2.05. The Morgan fingerprint density at radius 1 is 1.32 bits per heavy atom. The van der Waals surface area contributed by atoms with Crippen LogP contribution in [0.3, 0.4) is 0 Å². The van der Waals surface area contributed by atoms with E-state index in [-0.39, 0.29) is 0 Å². The zero-order chi connectivity index (χ0) is 16.4. The Morgan fingerprint density at radius 3 is 2.55 bits per heavy atom. The molecule has 11 heteroatoms. The van der Waals surface area contributed by atoms with Crippen LogP contribution in [0.4, 0.5) is 0 Å². The van der Waals surface area contributed by atoms with Crippen molar-refractivity contribution in [1.29, 1.82) is 0 Å². The van der Waals surface area contributed by atoms with Gasteiger partial charge in [-0.15, -0.1) is 0 Å². The third kappa shape index (κ3) is 2.80. The molecule has 4 atom stereocenters. The van der Waals surface area contributed by atoms with Gasteiger partial charge in [-0.05, 0) is 0 Å². The second-order valence-corrected chi connectivity index (χ2v) is 4.50. The van der Waals surface area contributed by atoms with Crippen molar-refractivity contribution in [2.45, 2.75) is 24.5 Å².